The van der Waals surface area contributed by atoms with Crippen LogP contribution in [-0.2, 0) is 6.42 Å². The van der Waals surface area contributed by atoms with Crippen LogP contribution in [0.3, 0.4) is 0 Å². The molecule has 0 saturated carbocycles. The summed E-state index contributed by atoms with van der Waals surface area (Å²) in [5, 5.41) is 10.4. The van der Waals surface area contributed by atoms with Gasteiger partial charge in [-0.05, 0) is 41.7 Å². The summed E-state index contributed by atoms with van der Waals surface area (Å²) in [5.41, 5.74) is 4.10. The Morgan fingerprint density at radius 2 is 1.68 bits per heavy atom. The molecule has 0 aromatic heterocycles. The minimum Gasteiger partial charge on any atom is -0.496 e. The number of hydrogen-bond donors (Lipinski definition) is 1. The summed E-state index contributed by atoms with van der Waals surface area (Å²) in [6.45, 7) is 4.11. The fraction of sp³-hybridized carbons (Fsp3) is 0.294. The van der Waals surface area contributed by atoms with E-state index >= 15 is 0 Å². The van der Waals surface area contributed by atoms with Crippen LogP contribution >= 0.6 is 0 Å². The molecule has 2 aromatic rings. The zero-order chi connectivity index (χ0) is 13.8. The van der Waals surface area contributed by atoms with Crippen LogP contribution in [-0.4, -0.2) is 12.2 Å². The number of aliphatic hydroxyl groups excluding tert-OH is 1. The monoisotopic (exact) mass is 256 g/mol. The summed E-state index contributed by atoms with van der Waals surface area (Å²) >= 11 is 0. The van der Waals surface area contributed by atoms with Crippen molar-refractivity contribution in [1.82, 2.24) is 0 Å². The third kappa shape index (κ3) is 2.96. The van der Waals surface area contributed by atoms with E-state index in [2.05, 4.69) is 19.1 Å². The Hall–Kier alpha value is -1.80. The van der Waals surface area contributed by atoms with Gasteiger partial charge in [-0.15, -0.1) is 0 Å². The predicted molar refractivity (Wildman–Crippen MR) is 77.6 cm³/mol. The summed E-state index contributed by atoms with van der Waals surface area (Å²) in [6, 6.07) is 13.9. The van der Waals surface area contributed by atoms with Crippen molar-refractivity contribution < 1.29 is 9.84 Å². The maximum absolute atomic E-state index is 10.4. The maximum atomic E-state index is 10.4. The molecule has 0 aliphatic heterocycles. The number of benzene rings is 2. The summed E-state index contributed by atoms with van der Waals surface area (Å²) in [6.07, 6.45) is 0.398. The van der Waals surface area contributed by atoms with Crippen LogP contribution < -0.4 is 4.74 Å². The van der Waals surface area contributed by atoms with Gasteiger partial charge in [-0.25, -0.2) is 0 Å². The molecule has 0 radical (unpaired) electrons. The molecule has 100 valence electrons. The highest BCUT2D eigenvalue weighted by Crippen LogP contribution is 2.27. The molecule has 1 atom stereocenters. The highest BCUT2D eigenvalue weighted by atomic mass is 16.5. The van der Waals surface area contributed by atoms with Crippen molar-refractivity contribution in [2.24, 2.45) is 0 Å². The van der Waals surface area contributed by atoms with Crippen molar-refractivity contribution in [3.05, 3.63) is 64.7 Å². The molecule has 0 heterocycles. The molecule has 2 nitrogen and oxygen atoms in total. The van der Waals surface area contributed by atoms with Gasteiger partial charge < -0.3 is 9.84 Å². The van der Waals surface area contributed by atoms with Gasteiger partial charge in [-0.2, -0.15) is 0 Å². The zero-order valence-electron chi connectivity index (χ0n) is 11.7. The number of ether oxygens (including phenoxy) is 1. The van der Waals surface area contributed by atoms with Gasteiger partial charge >= 0.3 is 0 Å². The Balaban J connectivity index is 2.29. The van der Waals surface area contributed by atoms with E-state index in [1.165, 1.54) is 5.56 Å². The first-order valence-electron chi connectivity index (χ1n) is 6.57. The number of aliphatic hydroxyl groups is 1. The third-order valence-corrected chi connectivity index (χ3v) is 3.45. The number of aryl methyl sites for hydroxylation is 2. The van der Waals surface area contributed by atoms with Crippen molar-refractivity contribution >= 4 is 0 Å². The Bertz CT molecular complexity index is 544. The summed E-state index contributed by atoms with van der Waals surface area (Å²) in [4.78, 5) is 0. The van der Waals surface area contributed by atoms with Gasteiger partial charge in [0.15, 0.2) is 0 Å². The van der Waals surface area contributed by atoms with Crippen LogP contribution in [0.1, 0.15) is 35.3 Å². The largest absolute Gasteiger partial charge is 0.496 e. The lowest BCUT2D eigenvalue weighted by Crippen LogP contribution is -2.01. The standard InChI is InChI=1S/C17H20O2/c1-4-13-6-9-14(10-7-13)17(18)15-8-5-12(2)16(11-15)19-3/h5-11,17-18H,4H2,1-3H3. The van der Waals surface area contributed by atoms with E-state index in [-0.39, 0.29) is 0 Å². The maximum Gasteiger partial charge on any atom is 0.122 e. The average Bonchev–Trinajstić information content (AvgIpc) is 2.47. The molecule has 2 rings (SSSR count). The van der Waals surface area contributed by atoms with Crippen LogP contribution in [0, 0.1) is 6.92 Å². The van der Waals surface area contributed by atoms with Crippen LogP contribution in [0.15, 0.2) is 42.5 Å². The molecule has 0 bridgehead atoms. The van der Waals surface area contributed by atoms with Crippen molar-refractivity contribution in [3.63, 3.8) is 0 Å². The molecule has 0 spiro atoms. The van der Waals surface area contributed by atoms with E-state index < -0.39 is 6.10 Å². The highest BCUT2D eigenvalue weighted by Gasteiger charge is 2.12. The van der Waals surface area contributed by atoms with Crippen LogP contribution in [0.25, 0.3) is 0 Å². The summed E-state index contributed by atoms with van der Waals surface area (Å²) in [7, 11) is 1.65. The molecule has 0 amide bonds. The second-order valence-electron chi connectivity index (χ2n) is 4.73. The van der Waals surface area contributed by atoms with Gasteiger partial charge in [-0.1, -0.05) is 43.3 Å². The second kappa shape index (κ2) is 5.89. The van der Waals surface area contributed by atoms with E-state index in [4.69, 9.17) is 4.74 Å². The quantitative estimate of drug-likeness (QED) is 0.904. The zero-order valence-corrected chi connectivity index (χ0v) is 11.7. The van der Waals surface area contributed by atoms with Gasteiger partial charge in [0.05, 0.1) is 7.11 Å². The number of methoxy groups -OCH3 is 1. The van der Waals surface area contributed by atoms with E-state index in [1.54, 1.807) is 7.11 Å². The van der Waals surface area contributed by atoms with Gasteiger partial charge in [0.1, 0.15) is 11.9 Å². The first kappa shape index (κ1) is 13.6. The normalized spacial score (nSPS) is 12.2. The average molecular weight is 256 g/mol. The highest BCUT2D eigenvalue weighted by molar-refractivity contribution is 5.40. The smallest absolute Gasteiger partial charge is 0.122 e. The van der Waals surface area contributed by atoms with E-state index in [9.17, 15) is 5.11 Å². The van der Waals surface area contributed by atoms with Gasteiger partial charge in [0.25, 0.3) is 0 Å². The first-order chi connectivity index (χ1) is 9.15. The Morgan fingerprint density at radius 3 is 2.26 bits per heavy atom. The van der Waals surface area contributed by atoms with Gasteiger partial charge in [0.2, 0.25) is 0 Å². The molecule has 0 aliphatic carbocycles. The van der Waals surface area contributed by atoms with Crippen LogP contribution in [0.4, 0.5) is 0 Å². The van der Waals surface area contributed by atoms with Crippen LogP contribution in [0.5, 0.6) is 5.75 Å². The van der Waals surface area contributed by atoms with E-state index in [0.29, 0.717) is 0 Å². The molecule has 0 fully saturated rings. The van der Waals surface area contributed by atoms with Crippen molar-refractivity contribution in [2.75, 3.05) is 7.11 Å². The van der Waals surface area contributed by atoms with Gasteiger partial charge in [0, 0.05) is 0 Å². The SMILES string of the molecule is CCc1ccc(C(O)c2ccc(C)c(OC)c2)cc1. The molecule has 0 aliphatic rings. The molecule has 1 N–H and O–H groups in total. The Labute approximate surface area is 114 Å². The molecule has 2 heteroatoms. The van der Waals surface area contributed by atoms with Crippen molar-refractivity contribution in [2.45, 2.75) is 26.4 Å². The van der Waals surface area contributed by atoms with E-state index in [0.717, 1.165) is 28.9 Å². The fourth-order valence-corrected chi connectivity index (χ4v) is 2.13. The lowest BCUT2D eigenvalue weighted by molar-refractivity contribution is 0.219. The number of rotatable bonds is 4. The molecule has 2 aromatic carbocycles. The summed E-state index contributed by atoms with van der Waals surface area (Å²) < 4.78 is 5.30. The summed E-state index contributed by atoms with van der Waals surface area (Å²) in [5.74, 6) is 0.807. The first-order valence-corrected chi connectivity index (χ1v) is 6.57. The minimum atomic E-state index is -0.611. The molecule has 19 heavy (non-hydrogen) atoms. The molecule has 0 saturated heterocycles. The molecule has 1 unspecified atom stereocenters. The third-order valence-electron chi connectivity index (χ3n) is 3.45. The number of hydrogen-bond acceptors (Lipinski definition) is 2. The Kier molecular flexibility index (Phi) is 4.23. The minimum absolute atomic E-state index is 0.611. The van der Waals surface area contributed by atoms with Gasteiger partial charge in [-0.3, -0.25) is 0 Å². The Morgan fingerprint density at radius 1 is 1.05 bits per heavy atom. The molecular formula is C17H20O2. The lowest BCUT2D eigenvalue weighted by atomic mass is 9.98. The van der Waals surface area contributed by atoms with Crippen molar-refractivity contribution in [1.29, 1.82) is 0 Å². The fourth-order valence-electron chi connectivity index (χ4n) is 2.13. The lowest BCUT2D eigenvalue weighted by Gasteiger charge is -2.14. The van der Waals surface area contributed by atoms with Crippen molar-refractivity contribution in [3.8, 4) is 5.75 Å². The molecular weight excluding hydrogens is 236 g/mol. The van der Waals surface area contributed by atoms with E-state index in [1.807, 2.05) is 37.3 Å². The second-order valence-corrected chi connectivity index (χ2v) is 4.73. The topological polar surface area (TPSA) is 29.5 Å². The predicted octanol–water partition coefficient (Wildman–Crippen LogP) is 3.65. The van der Waals surface area contributed by atoms with Crippen LogP contribution in [0.2, 0.25) is 0 Å².